The number of hydrogen-bond acceptors (Lipinski definition) is 7. The van der Waals surface area contributed by atoms with Crippen molar-refractivity contribution in [2.24, 2.45) is 0 Å². The molecule has 2 N–H and O–H groups in total. The minimum Gasteiger partial charge on any atom is -0.378 e. The average Bonchev–Trinajstić information content (AvgIpc) is 2.92. The molecule has 5 rings (SSSR count). The first-order valence-electron chi connectivity index (χ1n) is 10.9. The van der Waals surface area contributed by atoms with Gasteiger partial charge in [-0.25, -0.2) is 9.97 Å². The Morgan fingerprint density at radius 2 is 1.74 bits per heavy atom. The molecule has 0 atom stereocenters. The number of ether oxygens (including phenoxy) is 1. The van der Waals surface area contributed by atoms with Gasteiger partial charge in [0.1, 0.15) is 5.82 Å². The highest BCUT2D eigenvalue weighted by Gasteiger charge is 2.16. The van der Waals surface area contributed by atoms with Crippen molar-refractivity contribution >= 4 is 28.5 Å². The van der Waals surface area contributed by atoms with Gasteiger partial charge in [-0.3, -0.25) is 25.4 Å². The van der Waals surface area contributed by atoms with E-state index in [9.17, 15) is 9.59 Å². The first-order chi connectivity index (χ1) is 16.7. The van der Waals surface area contributed by atoms with Gasteiger partial charge in [-0.2, -0.15) is 0 Å². The van der Waals surface area contributed by atoms with Crippen LogP contribution in [0, 0.1) is 0 Å². The predicted octanol–water partition coefficient (Wildman–Crippen LogP) is 2.60. The molecule has 0 saturated carbocycles. The van der Waals surface area contributed by atoms with Crippen LogP contribution in [0.2, 0.25) is 0 Å². The lowest BCUT2D eigenvalue weighted by Crippen LogP contribution is -2.42. The van der Waals surface area contributed by atoms with E-state index in [0.29, 0.717) is 40.9 Å². The molecule has 1 aromatic carbocycles. The summed E-state index contributed by atoms with van der Waals surface area (Å²) in [6.45, 7) is 2.83. The Labute approximate surface area is 195 Å². The molecule has 0 unspecified atom stereocenters. The average molecular weight is 454 g/mol. The molecule has 2 amide bonds. The first kappa shape index (κ1) is 21.5. The molecule has 0 spiro atoms. The summed E-state index contributed by atoms with van der Waals surface area (Å²) in [4.78, 5) is 40.9. The summed E-state index contributed by atoms with van der Waals surface area (Å²) >= 11 is 0. The number of fused-ring (bicyclic) bond motifs is 1. The Bertz CT molecular complexity index is 1320. The van der Waals surface area contributed by atoms with E-state index in [1.165, 1.54) is 6.20 Å². The van der Waals surface area contributed by atoms with Gasteiger partial charge in [-0.05, 0) is 36.4 Å². The molecule has 4 heterocycles. The number of hydrogen-bond donors (Lipinski definition) is 2. The van der Waals surface area contributed by atoms with Crippen molar-refractivity contribution in [2.75, 3.05) is 31.2 Å². The lowest BCUT2D eigenvalue weighted by Gasteiger charge is -2.27. The zero-order valence-corrected chi connectivity index (χ0v) is 18.3. The number of nitrogens with zero attached hydrogens (tertiary/aromatic N) is 4. The molecule has 1 saturated heterocycles. The number of morpholine rings is 1. The van der Waals surface area contributed by atoms with Crippen molar-refractivity contribution in [3.63, 3.8) is 0 Å². The van der Waals surface area contributed by atoms with E-state index in [0.717, 1.165) is 24.5 Å². The molecule has 1 aliphatic rings. The van der Waals surface area contributed by atoms with Crippen LogP contribution >= 0.6 is 0 Å². The molecule has 0 bridgehead atoms. The number of benzene rings is 1. The third-order valence-electron chi connectivity index (χ3n) is 5.55. The van der Waals surface area contributed by atoms with E-state index in [1.54, 1.807) is 30.6 Å². The topological polar surface area (TPSA) is 109 Å². The number of hydrazine groups is 1. The van der Waals surface area contributed by atoms with Gasteiger partial charge in [0.15, 0.2) is 0 Å². The SMILES string of the molecule is O=C(NNC(=O)c1cc(-c2cccnc2)nc2ccccc12)c1ccc(N2CCOCC2)nc1. The largest absolute Gasteiger partial charge is 0.378 e. The Hall–Kier alpha value is -4.37. The van der Waals surface area contributed by atoms with Crippen LogP contribution in [0.15, 0.2) is 73.2 Å². The van der Waals surface area contributed by atoms with E-state index in [2.05, 4.69) is 30.7 Å². The molecular weight excluding hydrogens is 432 g/mol. The number of aromatic nitrogens is 3. The molecule has 0 radical (unpaired) electrons. The first-order valence-corrected chi connectivity index (χ1v) is 10.9. The summed E-state index contributed by atoms with van der Waals surface area (Å²) in [5.41, 5.74) is 7.80. The molecule has 170 valence electrons. The normalized spacial score (nSPS) is 13.5. The van der Waals surface area contributed by atoms with Crippen molar-refractivity contribution in [1.82, 2.24) is 25.8 Å². The maximum absolute atomic E-state index is 13.0. The minimum absolute atomic E-state index is 0.341. The Balaban J connectivity index is 1.32. The van der Waals surface area contributed by atoms with Crippen LogP contribution in [-0.2, 0) is 4.74 Å². The number of para-hydroxylation sites is 1. The van der Waals surface area contributed by atoms with Crippen LogP contribution in [0.3, 0.4) is 0 Å². The second-order valence-corrected chi connectivity index (χ2v) is 7.73. The van der Waals surface area contributed by atoms with E-state index in [1.807, 2.05) is 36.4 Å². The van der Waals surface area contributed by atoms with Gasteiger partial charge >= 0.3 is 0 Å². The zero-order valence-electron chi connectivity index (χ0n) is 18.3. The van der Waals surface area contributed by atoms with Gasteiger partial charge < -0.3 is 9.64 Å². The minimum atomic E-state index is -0.458. The maximum Gasteiger partial charge on any atom is 0.271 e. The molecule has 9 heteroatoms. The van der Waals surface area contributed by atoms with Crippen molar-refractivity contribution in [2.45, 2.75) is 0 Å². The van der Waals surface area contributed by atoms with E-state index < -0.39 is 11.8 Å². The van der Waals surface area contributed by atoms with E-state index in [4.69, 9.17) is 4.74 Å². The van der Waals surface area contributed by atoms with Crippen molar-refractivity contribution in [3.8, 4) is 11.3 Å². The van der Waals surface area contributed by atoms with Crippen LogP contribution in [0.5, 0.6) is 0 Å². The predicted molar refractivity (Wildman–Crippen MR) is 127 cm³/mol. The molecule has 1 fully saturated rings. The second-order valence-electron chi connectivity index (χ2n) is 7.73. The third kappa shape index (κ3) is 4.55. The van der Waals surface area contributed by atoms with Crippen LogP contribution < -0.4 is 15.8 Å². The summed E-state index contributed by atoms with van der Waals surface area (Å²) in [5, 5.41) is 0.679. The van der Waals surface area contributed by atoms with Crippen LogP contribution in [0.4, 0.5) is 5.82 Å². The Morgan fingerprint density at radius 1 is 0.912 bits per heavy atom. The quantitative estimate of drug-likeness (QED) is 0.456. The summed E-state index contributed by atoms with van der Waals surface area (Å²) < 4.78 is 5.35. The van der Waals surface area contributed by atoms with E-state index in [-0.39, 0.29) is 0 Å². The highest BCUT2D eigenvalue weighted by molar-refractivity contribution is 6.08. The molecule has 3 aromatic heterocycles. The number of rotatable bonds is 4. The number of nitrogens with one attached hydrogen (secondary N) is 2. The fourth-order valence-corrected chi connectivity index (χ4v) is 3.78. The standard InChI is InChI=1S/C25H22N6O3/c32-24(18-7-8-23(27-16-18)31-10-12-34-13-11-31)29-30-25(33)20-14-22(17-4-3-9-26-15-17)28-21-6-2-1-5-19(20)21/h1-9,14-16H,10-13H2,(H,29,32)(H,30,33). The highest BCUT2D eigenvalue weighted by Crippen LogP contribution is 2.24. The highest BCUT2D eigenvalue weighted by atomic mass is 16.5. The van der Waals surface area contributed by atoms with Crippen LogP contribution in [0.25, 0.3) is 22.2 Å². The number of carbonyl (C=O) groups excluding carboxylic acids is 2. The summed E-state index contributed by atoms with van der Waals surface area (Å²) in [6, 6.07) is 16.2. The lowest BCUT2D eigenvalue weighted by atomic mass is 10.0. The van der Waals surface area contributed by atoms with Crippen molar-refractivity contribution in [1.29, 1.82) is 0 Å². The number of carbonyl (C=O) groups is 2. The van der Waals surface area contributed by atoms with Gasteiger partial charge in [-0.15, -0.1) is 0 Å². The van der Waals surface area contributed by atoms with Crippen molar-refractivity contribution in [3.05, 3.63) is 84.3 Å². The summed E-state index contributed by atoms with van der Waals surface area (Å²) in [6.07, 6.45) is 4.86. The van der Waals surface area contributed by atoms with Gasteiger partial charge in [0, 0.05) is 42.6 Å². The summed E-state index contributed by atoms with van der Waals surface area (Å²) in [7, 11) is 0. The monoisotopic (exact) mass is 454 g/mol. The Morgan fingerprint density at radius 3 is 2.50 bits per heavy atom. The fourth-order valence-electron chi connectivity index (χ4n) is 3.78. The molecular formula is C25H22N6O3. The lowest BCUT2D eigenvalue weighted by molar-refractivity contribution is 0.0847. The zero-order chi connectivity index (χ0) is 23.3. The van der Waals surface area contributed by atoms with Crippen LogP contribution in [-0.4, -0.2) is 53.1 Å². The fraction of sp³-hybridized carbons (Fsp3) is 0.160. The Kier molecular flexibility index (Phi) is 6.09. The van der Waals surface area contributed by atoms with Gasteiger partial charge in [0.05, 0.1) is 35.6 Å². The molecule has 0 aliphatic carbocycles. The molecule has 1 aliphatic heterocycles. The van der Waals surface area contributed by atoms with Crippen molar-refractivity contribution < 1.29 is 14.3 Å². The summed E-state index contributed by atoms with van der Waals surface area (Å²) in [5.74, 6) is -0.120. The molecule has 4 aromatic rings. The molecule has 9 nitrogen and oxygen atoms in total. The smallest absolute Gasteiger partial charge is 0.271 e. The number of pyridine rings is 3. The second kappa shape index (κ2) is 9.63. The van der Waals surface area contributed by atoms with Gasteiger partial charge in [0.2, 0.25) is 0 Å². The number of anilines is 1. The van der Waals surface area contributed by atoms with Crippen LogP contribution in [0.1, 0.15) is 20.7 Å². The van der Waals surface area contributed by atoms with Gasteiger partial charge in [0.25, 0.3) is 11.8 Å². The third-order valence-corrected chi connectivity index (χ3v) is 5.55. The van der Waals surface area contributed by atoms with Gasteiger partial charge in [-0.1, -0.05) is 18.2 Å². The molecule has 34 heavy (non-hydrogen) atoms. The van der Waals surface area contributed by atoms with E-state index >= 15 is 0 Å². The maximum atomic E-state index is 13.0. The number of amides is 2.